The molecule has 0 aromatic carbocycles. The van der Waals surface area contributed by atoms with Gasteiger partial charge in [0, 0.05) is 0 Å². The van der Waals surface area contributed by atoms with Crippen molar-refractivity contribution in [2.75, 3.05) is 0 Å². The Kier molecular flexibility index (Phi) is 9.14. The maximum atomic E-state index is 4.42. The summed E-state index contributed by atoms with van der Waals surface area (Å²) in [6, 6.07) is 0. The molecular formula is C26H44. The van der Waals surface area contributed by atoms with E-state index in [1.807, 2.05) is 0 Å². The third-order valence-corrected chi connectivity index (χ3v) is 6.20. The average molecular weight is 357 g/mol. The van der Waals surface area contributed by atoms with Crippen molar-refractivity contribution in [2.45, 2.75) is 99.3 Å². The summed E-state index contributed by atoms with van der Waals surface area (Å²) >= 11 is 0. The molecule has 0 aromatic rings. The van der Waals surface area contributed by atoms with Crippen LogP contribution in [-0.2, 0) is 0 Å². The molecule has 0 radical (unpaired) electrons. The highest BCUT2D eigenvalue weighted by Gasteiger charge is 2.34. The minimum atomic E-state index is 0.254. The fraction of sp³-hybridized carbons (Fsp3) is 0.692. The Hall–Kier alpha value is -1.04. The van der Waals surface area contributed by atoms with Gasteiger partial charge in [-0.1, -0.05) is 82.7 Å². The Morgan fingerprint density at radius 3 is 2.58 bits per heavy atom. The van der Waals surface area contributed by atoms with Crippen LogP contribution in [0.1, 0.15) is 99.3 Å². The van der Waals surface area contributed by atoms with E-state index >= 15 is 0 Å². The first kappa shape index (κ1) is 23.0. The molecule has 1 unspecified atom stereocenters. The second kappa shape index (κ2) is 10.3. The first-order valence-corrected chi connectivity index (χ1v) is 10.7. The predicted molar refractivity (Wildman–Crippen MR) is 119 cm³/mol. The normalized spacial score (nSPS) is 21.4. The zero-order chi connectivity index (χ0) is 19.8. The third kappa shape index (κ3) is 8.11. The highest BCUT2D eigenvalue weighted by atomic mass is 14.4. The summed E-state index contributed by atoms with van der Waals surface area (Å²) in [4.78, 5) is 0. The third-order valence-electron chi connectivity index (χ3n) is 6.20. The SMILES string of the molecule is C=C(CCC(C)(C)C=CCCC(C)=CCC)CC1C(=C)CCCC1(C)C. The van der Waals surface area contributed by atoms with Crippen LogP contribution in [0.3, 0.4) is 0 Å². The van der Waals surface area contributed by atoms with E-state index < -0.39 is 0 Å². The molecule has 1 rings (SSSR count). The summed E-state index contributed by atoms with van der Waals surface area (Å²) < 4.78 is 0. The van der Waals surface area contributed by atoms with Crippen LogP contribution in [0.2, 0.25) is 0 Å². The molecule has 0 spiro atoms. The fourth-order valence-corrected chi connectivity index (χ4v) is 4.23. The Labute approximate surface area is 164 Å². The lowest BCUT2D eigenvalue weighted by molar-refractivity contribution is 0.187. The van der Waals surface area contributed by atoms with Crippen LogP contribution >= 0.6 is 0 Å². The van der Waals surface area contributed by atoms with E-state index in [2.05, 4.69) is 72.9 Å². The van der Waals surface area contributed by atoms with E-state index in [1.165, 1.54) is 48.8 Å². The molecule has 0 saturated heterocycles. The summed E-state index contributed by atoms with van der Waals surface area (Å²) in [6.45, 7) is 22.8. The molecule has 0 aromatic heterocycles. The van der Waals surface area contributed by atoms with Gasteiger partial charge in [-0.25, -0.2) is 0 Å². The second-order valence-corrected chi connectivity index (χ2v) is 9.90. The van der Waals surface area contributed by atoms with Gasteiger partial charge < -0.3 is 0 Å². The number of hydrogen-bond donors (Lipinski definition) is 0. The van der Waals surface area contributed by atoms with E-state index in [9.17, 15) is 0 Å². The van der Waals surface area contributed by atoms with Crippen LogP contribution in [0.4, 0.5) is 0 Å². The Morgan fingerprint density at radius 1 is 1.27 bits per heavy atom. The summed E-state index contributed by atoms with van der Waals surface area (Å²) in [6.07, 6.45) is 17.9. The molecule has 0 N–H and O–H groups in total. The van der Waals surface area contributed by atoms with Crippen molar-refractivity contribution in [1.82, 2.24) is 0 Å². The van der Waals surface area contributed by atoms with Crippen LogP contribution in [0.15, 0.2) is 48.1 Å². The molecule has 0 heterocycles. The molecule has 1 atom stereocenters. The van der Waals surface area contributed by atoms with Crippen molar-refractivity contribution < 1.29 is 0 Å². The first-order chi connectivity index (χ1) is 12.1. The van der Waals surface area contributed by atoms with Gasteiger partial charge in [0.15, 0.2) is 0 Å². The van der Waals surface area contributed by atoms with Gasteiger partial charge in [0.05, 0.1) is 0 Å². The van der Waals surface area contributed by atoms with Crippen molar-refractivity contribution in [2.24, 2.45) is 16.7 Å². The molecule has 0 aliphatic heterocycles. The zero-order valence-electron chi connectivity index (χ0n) is 18.6. The lowest BCUT2D eigenvalue weighted by Gasteiger charge is -2.41. The Morgan fingerprint density at radius 2 is 1.96 bits per heavy atom. The van der Waals surface area contributed by atoms with Crippen LogP contribution in [0, 0.1) is 16.7 Å². The Balaban J connectivity index is 2.44. The second-order valence-electron chi connectivity index (χ2n) is 9.90. The van der Waals surface area contributed by atoms with Gasteiger partial charge in [0.1, 0.15) is 0 Å². The number of rotatable bonds is 10. The quantitative estimate of drug-likeness (QED) is 0.343. The summed E-state index contributed by atoms with van der Waals surface area (Å²) in [5.74, 6) is 0.621. The summed E-state index contributed by atoms with van der Waals surface area (Å²) in [5.41, 5.74) is 5.02. The van der Waals surface area contributed by atoms with Gasteiger partial charge in [-0.15, -0.1) is 0 Å². The van der Waals surface area contributed by atoms with Crippen molar-refractivity contribution in [3.63, 3.8) is 0 Å². The van der Waals surface area contributed by atoms with Gasteiger partial charge >= 0.3 is 0 Å². The molecule has 0 nitrogen and oxygen atoms in total. The molecule has 1 aliphatic carbocycles. The number of hydrogen-bond acceptors (Lipinski definition) is 0. The van der Waals surface area contributed by atoms with Crippen molar-refractivity contribution >= 4 is 0 Å². The minimum Gasteiger partial charge on any atom is -0.0998 e. The van der Waals surface area contributed by atoms with Crippen molar-refractivity contribution in [3.8, 4) is 0 Å². The number of allylic oxidation sites excluding steroid dienone is 6. The fourth-order valence-electron chi connectivity index (χ4n) is 4.23. The highest BCUT2D eigenvalue weighted by Crippen LogP contribution is 2.46. The zero-order valence-corrected chi connectivity index (χ0v) is 18.6. The van der Waals surface area contributed by atoms with E-state index in [0.717, 1.165) is 25.7 Å². The van der Waals surface area contributed by atoms with Gasteiger partial charge in [-0.05, 0) is 81.5 Å². The van der Waals surface area contributed by atoms with E-state index in [0.29, 0.717) is 11.3 Å². The molecule has 1 saturated carbocycles. The largest absolute Gasteiger partial charge is 0.0998 e. The molecule has 1 aliphatic rings. The predicted octanol–water partition coefficient (Wildman–Crippen LogP) is 8.81. The summed E-state index contributed by atoms with van der Waals surface area (Å²) in [5, 5.41) is 0. The van der Waals surface area contributed by atoms with E-state index in [4.69, 9.17) is 0 Å². The van der Waals surface area contributed by atoms with Gasteiger partial charge in [-0.3, -0.25) is 0 Å². The highest BCUT2D eigenvalue weighted by molar-refractivity contribution is 5.14. The molecule has 0 amide bonds. The molecule has 0 bridgehead atoms. The van der Waals surface area contributed by atoms with Crippen LogP contribution < -0.4 is 0 Å². The van der Waals surface area contributed by atoms with E-state index in [-0.39, 0.29) is 5.41 Å². The smallest absolute Gasteiger partial charge is 0.0117 e. The van der Waals surface area contributed by atoms with Crippen LogP contribution in [0.25, 0.3) is 0 Å². The summed E-state index contributed by atoms with van der Waals surface area (Å²) in [7, 11) is 0. The molecular weight excluding hydrogens is 312 g/mol. The topological polar surface area (TPSA) is 0 Å². The maximum absolute atomic E-state index is 4.42. The van der Waals surface area contributed by atoms with Crippen LogP contribution in [-0.4, -0.2) is 0 Å². The minimum absolute atomic E-state index is 0.254. The maximum Gasteiger partial charge on any atom is -0.0117 e. The van der Waals surface area contributed by atoms with Gasteiger partial charge in [0.25, 0.3) is 0 Å². The van der Waals surface area contributed by atoms with Gasteiger partial charge in [-0.2, -0.15) is 0 Å². The molecule has 26 heavy (non-hydrogen) atoms. The lowest BCUT2D eigenvalue weighted by atomic mass is 9.64. The van der Waals surface area contributed by atoms with Crippen molar-refractivity contribution in [3.05, 3.63) is 48.1 Å². The monoisotopic (exact) mass is 356 g/mol. The first-order valence-electron chi connectivity index (χ1n) is 10.7. The van der Waals surface area contributed by atoms with Crippen LogP contribution in [0.5, 0.6) is 0 Å². The standard InChI is InChI=1S/C26H44/c1-9-13-21(2)14-10-11-17-25(5,6)19-16-22(3)20-24-23(4)15-12-18-26(24,7)8/h11,13,17,24H,3-4,9-10,12,14-16,18-20H2,1-2,5-8H3. The average Bonchev–Trinajstić information content (AvgIpc) is 2.53. The lowest BCUT2D eigenvalue weighted by Crippen LogP contribution is -2.29. The van der Waals surface area contributed by atoms with Crippen molar-refractivity contribution in [1.29, 1.82) is 0 Å². The molecule has 148 valence electrons. The van der Waals surface area contributed by atoms with E-state index in [1.54, 1.807) is 0 Å². The van der Waals surface area contributed by atoms with Gasteiger partial charge in [0.2, 0.25) is 0 Å². The Bertz CT molecular complexity index is 524. The molecule has 1 fully saturated rings. The molecule has 0 heteroatoms.